The lowest BCUT2D eigenvalue weighted by Gasteiger charge is -2.10. The van der Waals surface area contributed by atoms with Gasteiger partial charge >= 0.3 is 0 Å². The SMILES string of the molecule is CC(CO)c1cc(Cl)cc(S(C)(=O)=O)c1. The molecule has 15 heavy (non-hydrogen) atoms. The van der Waals surface area contributed by atoms with Crippen LogP contribution in [0, 0.1) is 0 Å². The average Bonchev–Trinajstić information content (AvgIpc) is 2.14. The number of rotatable bonds is 3. The predicted octanol–water partition coefficient (Wildman–Crippen LogP) is 1.84. The van der Waals surface area contributed by atoms with Gasteiger partial charge in [-0.15, -0.1) is 0 Å². The van der Waals surface area contributed by atoms with Crippen molar-refractivity contribution in [3.05, 3.63) is 28.8 Å². The zero-order chi connectivity index (χ0) is 11.6. The third-order valence-corrected chi connectivity index (χ3v) is 3.47. The Kier molecular flexibility index (Phi) is 3.76. The molecular formula is C10H13ClO3S. The molecule has 3 nitrogen and oxygen atoms in total. The molecule has 0 bridgehead atoms. The lowest BCUT2D eigenvalue weighted by Crippen LogP contribution is -2.03. The van der Waals surface area contributed by atoms with E-state index in [1.165, 1.54) is 6.07 Å². The number of halogens is 1. The van der Waals surface area contributed by atoms with Crippen molar-refractivity contribution in [3.8, 4) is 0 Å². The Balaban J connectivity index is 3.29. The van der Waals surface area contributed by atoms with E-state index in [1.807, 2.05) is 0 Å². The first-order valence-corrected chi connectivity index (χ1v) is 6.73. The molecule has 5 heteroatoms. The van der Waals surface area contributed by atoms with Crippen LogP contribution in [0.3, 0.4) is 0 Å². The normalized spacial score (nSPS) is 13.9. The molecule has 0 amide bonds. The third kappa shape index (κ3) is 3.19. The standard InChI is InChI=1S/C10H13ClO3S/c1-7(6-12)8-3-9(11)5-10(4-8)15(2,13)14/h3-5,7,12H,6H2,1-2H3. The Morgan fingerprint density at radius 2 is 2.00 bits per heavy atom. The number of aliphatic hydroxyl groups is 1. The summed E-state index contributed by atoms with van der Waals surface area (Å²) < 4.78 is 22.7. The van der Waals surface area contributed by atoms with Crippen LogP contribution in [0.1, 0.15) is 18.4 Å². The van der Waals surface area contributed by atoms with E-state index in [4.69, 9.17) is 16.7 Å². The van der Waals surface area contributed by atoms with Gasteiger partial charge in [0.25, 0.3) is 0 Å². The van der Waals surface area contributed by atoms with Crippen molar-refractivity contribution in [1.82, 2.24) is 0 Å². The van der Waals surface area contributed by atoms with E-state index in [2.05, 4.69) is 0 Å². The van der Waals surface area contributed by atoms with Crippen LogP contribution < -0.4 is 0 Å². The molecular weight excluding hydrogens is 236 g/mol. The maximum Gasteiger partial charge on any atom is 0.175 e. The Labute approximate surface area is 94.6 Å². The summed E-state index contributed by atoms with van der Waals surface area (Å²) in [6.07, 6.45) is 1.13. The van der Waals surface area contributed by atoms with E-state index in [-0.39, 0.29) is 17.4 Å². The largest absolute Gasteiger partial charge is 0.396 e. The topological polar surface area (TPSA) is 54.4 Å². The summed E-state index contributed by atoms with van der Waals surface area (Å²) >= 11 is 5.81. The molecule has 0 aliphatic carbocycles. The monoisotopic (exact) mass is 248 g/mol. The van der Waals surface area contributed by atoms with Gasteiger partial charge < -0.3 is 5.11 Å². The van der Waals surface area contributed by atoms with Crippen molar-refractivity contribution in [1.29, 1.82) is 0 Å². The van der Waals surface area contributed by atoms with Gasteiger partial charge in [0.2, 0.25) is 0 Å². The third-order valence-electron chi connectivity index (χ3n) is 2.16. The van der Waals surface area contributed by atoms with Crippen LogP contribution in [0.4, 0.5) is 0 Å². The quantitative estimate of drug-likeness (QED) is 0.888. The number of sulfone groups is 1. The lowest BCUT2D eigenvalue weighted by molar-refractivity contribution is 0.273. The minimum absolute atomic E-state index is 0.0382. The van der Waals surface area contributed by atoms with Gasteiger partial charge in [0.1, 0.15) is 0 Å². The molecule has 0 heterocycles. The van der Waals surface area contributed by atoms with Crippen molar-refractivity contribution in [2.24, 2.45) is 0 Å². The summed E-state index contributed by atoms with van der Waals surface area (Å²) in [4.78, 5) is 0.185. The molecule has 1 unspecified atom stereocenters. The van der Waals surface area contributed by atoms with E-state index >= 15 is 0 Å². The molecule has 1 aromatic carbocycles. The van der Waals surface area contributed by atoms with Crippen LogP contribution in [0.2, 0.25) is 5.02 Å². The molecule has 1 rings (SSSR count). The van der Waals surface area contributed by atoms with Crippen LogP contribution in [-0.4, -0.2) is 26.4 Å². The summed E-state index contributed by atoms with van der Waals surface area (Å²) in [5.41, 5.74) is 0.727. The fourth-order valence-electron chi connectivity index (χ4n) is 1.19. The van der Waals surface area contributed by atoms with E-state index in [9.17, 15) is 8.42 Å². The summed E-state index contributed by atoms with van der Waals surface area (Å²) in [6.45, 7) is 1.77. The van der Waals surface area contributed by atoms with Gasteiger partial charge in [-0.05, 0) is 23.8 Å². The molecule has 0 radical (unpaired) electrons. The highest BCUT2D eigenvalue weighted by atomic mass is 35.5. The van der Waals surface area contributed by atoms with Crippen LogP contribution in [-0.2, 0) is 9.84 Å². The molecule has 0 aliphatic rings. The van der Waals surface area contributed by atoms with Crippen LogP contribution in [0.5, 0.6) is 0 Å². The van der Waals surface area contributed by atoms with E-state index in [1.54, 1.807) is 19.1 Å². The summed E-state index contributed by atoms with van der Waals surface area (Å²) in [5, 5.41) is 9.35. The zero-order valence-corrected chi connectivity index (χ0v) is 10.1. The van der Waals surface area contributed by atoms with Gasteiger partial charge in [-0.3, -0.25) is 0 Å². The van der Waals surface area contributed by atoms with Gasteiger partial charge in [-0.25, -0.2) is 8.42 Å². The number of benzene rings is 1. The zero-order valence-electron chi connectivity index (χ0n) is 8.57. The molecule has 0 aliphatic heterocycles. The minimum Gasteiger partial charge on any atom is -0.396 e. The molecule has 0 saturated heterocycles. The second-order valence-corrected chi connectivity index (χ2v) is 6.03. The molecule has 0 spiro atoms. The second-order valence-electron chi connectivity index (χ2n) is 3.58. The molecule has 0 aromatic heterocycles. The van der Waals surface area contributed by atoms with Gasteiger partial charge in [0, 0.05) is 23.8 Å². The molecule has 1 atom stereocenters. The molecule has 0 saturated carbocycles. The van der Waals surface area contributed by atoms with Gasteiger partial charge in [0.15, 0.2) is 9.84 Å². The number of hydrogen-bond donors (Lipinski definition) is 1. The second kappa shape index (κ2) is 4.51. The van der Waals surface area contributed by atoms with E-state index in [0.29, 0.717) is 5.02 Å². The minimum atomic E-state index is -3.26. The van der Waals surface area contributed by atoms with Gasteiger partial charge in [0.05, 0.1) is 4.90 Å². The van der Waals surface area contributed by atoms with Crippen LogP contribution in [0.25, 0.3) is 0 Å². The fourth-order valence-corrected chi connectivity index (χ4v) is 2.19. The van der Waals surface area contributed by atoms with Crippen molar-refractivity contribution in [2.75, 3.05) is 12.9 Å². The highest BCUT2D eigenvalue weighted by molar-refractivity contribution is 7.90. The van der Waals surface area contributed by atoms with Gasteiger partial charge in [-0.2, -0.15) is 0 Å². The smallest absolute Gasteiger partial charge is 0.175 e. The Hall–Kier alpha value is -0.580. The Morgan fingerprint density at radius 1 is 1.40 bits per heavy atom. The highest BCUT2D eigenvalue weighted by Crippen LogP contribution is 2.24. The number of aliphatic hydroxyl groups excluding tert-OH is 1. The van der Waals surface area contributed by atoms with E-state index < -0.39 is 9.84 Å². The van der Waals surface area contributed by atoms with Crippen molar-refractivity contribution in [2.45, 2.75) is 17.7 Å². The summed E-state index contributed by atoms with van der Waals surface area (Å²) in [6, 6.07) is 4.61. The maximum atomic E-state index is 11.3. The summed E-state index contributed by atoms with van der Waals surface area (Å²) in [7, 11) is -3.26. The molecule has 1 N–H and O–H groups in total. The first kappa shape index (κ1) is 12.5. The Morgan fingerprint density at radius 3 is 2.47 bits per heavy atom. The fraction of sp³-hybridized carbons (Fsp3) is 0.400. The summed E-state index contributed by atoms with van der Waals surface area (Å²) in [5.74, 6) is -0.121. The highest BCUT2D eigenvalue weighted by Gasteiger charge is 2.12. The first-order valence-electron chi connectivity index (χ1n) is 4.46. The lowest BCUT2D eigenvalue weighted by atomic mass is 10.0. The predicted molar refractivity (Wildman–Crippen MR) is 60.1 cm³/mol. The number of hydrogen-bond acceptors (Lipinski definition) is 3. The molecule has 1 aromatic rings. The van der Waals surface area contributed by atoms with Crippen molar-refractivity contribution in [3.63, 3.8) is 0 Å². The molecule has 0 fully saturated rings. The van der Waals surface area contributed by atoms with Crippen molar-refractivity contribution < 1.29 is 13.5 Å². The average molecular weight is 249 g/mol. The Bertz CT molecular complexity index is 454. The van der Waals surface area contributed by atoms with Crippen molar-refractivity contribution >= 4 is 21.4 Å². The first-order chi connectivity index (χ1) is 6.84. The van der Waals surface area contributed by atoms with Gasteiger partial charge in [-0.1, -0.05) is 18.5 Å². The van der Waals surface area contributed by atoms with Crippen LogP contribution >= 0.6 is 11.6 Å². The van der Waals surface area contributed by atoms with Crippen LogP contribution in [0.15, 0.2) is 23.1 Å². The maximum absolute atomic E-state index is 11.3. The van der Waals surface area contributed by atoms with E-state index in [0.717, 1.165) is 11.8 Å². The molecule has 84 valence electrons.